The molecule has 0 spiro atoms. The SMILES string of the molecule is CC(C)CCC(CS)C(C)C. The van der Waals surface area contributed by atoms with Crippen LogP contribution in [0.15, 0.2) is 0 Å². The first-order valence-electron chi connectivity index (χ1n) is 4.68. The molecular weight excluding hydrogens is 152 g/mol. The maximum atomic E-state index is 4.36. The van der Waals surface area contributed by atoms with E-state index < -0.39 is 0 Å². The Morgan fingerprint density at radius 2 is 1.55 bits per heavy atom. The van der Waals surface area contributed by atoms with Crippen molar-refractivity contribution in [3.8, 4) is 0 Å². The van der Waals surface area contributed by atoms with Crippen LogP contribution in [0.4, 0.5) is 0 Å². The summed E-state index contributed by atoms with van der Waals surface area (Å²) < 4.78 is 0. The molecule has 0 N–H and O–H groups in total. The smallest absolute Gasteiger partial charge is 0.00671 e. The summed E-state index contributed by atoms with van der Waals surface area (Å²) in [7, 11) is 0. The molecule has 0 heterocycles. The Labute approximate surface area is 77.2 Å². The third-order valence-electron chi connectivity index (χ3n) is 2.29. The Balaban J connectivity index is 3.52. The molecule has 0 bridgehead atoms. The molecule has 0 fully saturated rings. The molecule has 0 aliphatic rings. The highest BCUT2D eigenvalue weighted by Crippen LogP contribution is 2.20. The van der Waals surface area contributed by atoms with Crippen LogP contribution in [0.5, 0.6) is 0 Å². The second-order valence-corrected chi connectivity index (χ2v) is 4.52. The molecule has 0 aliphatic carbocycles. The molecule has 0 rings (SSSR count). The Morgan fingerprint density at radius 3 is 1.82 bits per heavy atom. The summed E-state index contributed by atoms with van der Waals surface area (Å²) in [5.41, 5.74) is 0. The number of rotatable bonds is 5. The van der Waals surface area contributed by atoms with Crippen molar-refractivity contribution in [1.82, 2.24) is 0 Å². The van der Waals surface area contributed by atoms with Gasteiger partial charge >= 0.3 is 0 Å². The van der Waals surface area contributed by atoms with Crippen LogP contribution in [0.1, 0.15) is 40.5 Å². The van der Waals surface area contributed by atoms with E-state index in [1.165, 1.54) is 12.8 Å². The van der Waals surface area contributed by atoms with Gasteiger partial charge < -0.3 is 0 Å². The van der Waals surface area contributed by atoms with Crippen LogP contribution < -0.4 is 0 Å². The average molecular weight is 174 g/mol. The van der Waals surface area contributed by atoms with Crippen LogP contribution in [-0.2, 0) is 0 Å². The van der Waals surface area contributed by atoms with Crippen molar-refractivity contribution in [2.45, 2.75) is 40.5 Å². The van der Waals surface area contributed by atoms with Crippen LogP contribution in [0, 0.1) is 17.8 Å². The van der Waals surface area contributed by atoms with Crippen molar-refractivity contribution in [1.29, 1.82) is 0 Å². The largest absolute Gasteiger partial charge is 0.179 e. The van der Waals surface area contributed by atoms with Crippen LogP contribution in [0.3, 0.4) is 0 Å². The molecular formula is C10H22S. The molecule has 0 radical (unpaired) electrons. The first-order valence-corrected chi connectivity index (χ1v) is 5.32. The average Bonchev–Trinajstić information content (AvgIpc) is 1.87. The van der Waals surface area contributed by atoms with E-state index in [9.17, 15) is 0 Å². The lowest BCUT2D eigenvalue weighted by molar-refractivity contribution is 0.365. The standard InChI is InChI=1S/C10H22S/c1-8(2)5-6-10(7-11)9(3)4/h8-11H,5-7H2,1-4H3. The Morgan fingerprint density at radius 1 is 1.00 bits per heavy atom. The minimum absolute atomic E-state index is 0.797. The quantitative estimate of drug-likeness (QED) is 0.605. The van der Waals surface area contributed by atoms with E-state index in [0.717, 1.165) is 23.5 Å². The van der Waals surface area contributed by atoms with E-state index in [1.54, 1.807) is 0 Å². The summed E-state index contributed by atoms with van der Waals surface area (Å²) in [4.78, 5) is 0. The summed E-state index contributed by atoms with van der Waals surface area (Å²) in [6.07, 6.45) is 2.70. The summed E-state index contributed by atoms with van der Waals surface area (Å²) in [6.45, 7) is 9.16. The monoisotopic (exact) mass is 174 g/mol. The van der Waals surface area contributed by atoms with Gasteiger partial charge in [-0.3, -0.25) is 0 Å². The van der Waals surface area contributed by atoms with Gasteiger partial charge in [-0.05, 0) is 29.9 Å². The molecule has 0 aromatic heterocycles. The van der Waals surface area contributed by atoms with Gasteiger partial charge in [-0.1, -0.05) is 34.1 Å². The molecule has 11 heavy (non-hydrogen) atoms. The predicted octanol–water partition coefficient (Wildman–Crippen LogP) is 3.62. The first kappa shape index (κ1) is 11.4. The summed E-state index contributed by atoms with van der Waals surface area (Å²) in [5, 5.41) is 0. The zero-order valence-electron chi connectivity index (χ0n) is 8.30. The van der Waals surface area contributed by atoms with Gasteiger partial charge in [0, 0.05) is 0 Å². The maximum Gasteiger partial charge on any atom is -0.00671 e. The molecule has 1 atom stereocenters. The molecule has 1 heteroatoms. The van der Waals surface area contributed by atoms with Gasteiger partial charge in [-0.2, -0.15) is 12.6 Å². The van der Waals surface area contributed by atoms with E-state index >= 15 is 0 Å². The molecule has 1 unspecified atom stereocenters. The minimum atomic E-state index is 0.797. The summed E-state index contributed by atoms with van der Waals surface area (Å²) in [6, 6.07) is 0. The van der Waals surface area contributed by atoms with E-state index in [-0.39, 0.29) is 0 Å². The Bertz CT molecular complexity index is 86.9. The van der Waals surface area contributed by atoms with Gasteiger partial charge in [0.05, 0.1) is 0 Å². The normalized spacial score (nSPS) is 14.5. The van der Waals surface area contributed by atoms with E-state index in [0.29, 0.717) is 0 Å². The predicted molar refractivity (Wildman–Crippen MR) is 56.3 cm³/mol. The zero-order chi connectivity index (χ0) is 8.85. The Kier molecular flexibility index (Phi) is 6.12. The van der Waals surface area contributed by atoms with Gasteiger partial charge in [0.25, 0.3) is 0 Å². The third kappa shape index (κ3) is 5.60. The first-order chi connectivity index (χ1) is 5.07. The van der Waals surface area contributed by atoms with Gasteiger partial charge in [0.2, 0.25) is 0 Å². The molecule has 0 amide bonds. The van der Waals surface area contributed by atoms with Crippen molar-refractivity contribution in [2.75, 3.05) is 5.75 Å². The van der Waals surface area contributed by atoms with Gasteiger partial charge in [0.1, 0.15) is 0 Å². The highest BCUT2D eigenvalue weighted by atomic mass is 32.1. The molecule has 0 aromatic rings. The Hall–Kier alpha value is 0.350. The lowest BCUT2D eigenvalue weighted by atomic mass is 9.90. The van der Waals surface area contributed by atoms with Crippen molar-refractivity contribution in [3.05, 3.63) is 0 Å². The fourth-order valence-corrected chi connectivity index (χ4v) is 1.79. The fraction of sp³-hybridized carbons (Fsp3) is 1.00. The van der Waals surface area contributed by atoms with Crippen molar-refractivity contribution >= 4 is 12.6 Å². The molecule has 0 aliphatic heterocycles. The van der Waals surface area contributed by atoms with Crippen molar-refractivity contribution in [2.24, 2.45) is 17.8 Å². The van der Waals surface area contributed by atoms with Gasteiger partial charge in [-0.15, -0.1) is 0 Å². The lowest BCUT2D eigenvalue weighted by Gasteiger charge is -2.19. The highest BCUT2D eigenvalue weighted by Gasteiger charge is 2.11. The number of hydrogen-bond acceptors (Lipinski definition) is 1. The molecule has 68 valence electrons. The minimum Gasteiger partial charge on any atom is -0.179 e. The number of hydrogen-bond donors (Lipinski definition) is 1. The summed E-state index contributed by atoms with van der Waals surface area (Å²) >= 11 is 4.36. The van der Waals surface area contributed by atoms with Crippen LogP contribution >= 0.6 is 12.6 Å². The van der Waals surface area contributed by atoms with E-state index in [2.05, 4.69) is 40.3 Å². The van der Waals surface area contributed by atoms with Gasteiger partial charge in [-0.25, -0.2) is 0 Å². The highest BCUT2D eigenvalue weighted by molar-refractivity contribution is 7.80. The fourth-order valence-electron chi connectivity index (χ4n) is 1.18. The van der Waals surface area contributed by atoms with Crippen molar-refractivity contribution < 1.29 is 0 Å². The second-order valence-electron chi connectivity index (χ2n) is 4.16. The van der Waals surface area contributed by atoms with Gasteiger partial charge in [0.15, 0.2) is 0 Å². The molecule has 0 nitrogen and oxygen atoms in total. The van der Waals surface area contributed by atoms with Crippen LogP contribution in [-0.4, -0.2) is 5.75 Å². The van der Waals surface area contributed by atoms with E-state index in [1.807, 2.05) is 0 Å². The van der Waals surface area contributed by atoms with Crippen LogP contribution in [0.2, 0.25) is 0 Å². The van der Waals surface area contributed by atoms with Crippen LogP contribution in [0.25, 0.3) is 0 Å². The van der Waals surface area contributed by atoms with E-state index in [4.69, 9.17) is 0 Å². The molecule has 0 saturated carbocycles. The second kappa shape index (κ2) is 5.93. The third-order valence-corrected chi connectivity index (χ3v) is 2.76. The lowest BCUT2D eigenvalue weighted by Crippen LogP contribution is -2.11. The maximum absolute atomic E-state index is 4.36. The van der Waals surface area contributed by atoms with Crippen molar-refractivity contribution in [3.63, 3.8) is 0 Å². The number of thiol groups is 1. The topological polar surface area (TPSA) is 0 Å². The molecule has 0 aromatic carbocycles. The zero-order valence-corrected chi connectivity index (χ0v) is 9.20. The molecule has 0 saturated heterocycles. The summed E-state index contributed by atoms with van der Waals surface area (Å²) in [5.74, 6) is 3.51.